The van der Waals surface area contributed by atoms with Crippen molar-refractivity contribution in [2.24, 2.45) is 29.6 Å². The Kier molecular flexibility index (Phi) is 10.4. The number of benzene rings is 1. The van der Waals surface area contributed by atoms with E-state index in [2.05, 4.69) is 44.2 Å². The van der Waals surface area contributed by atoms with Gasteiger partial charge in [0, 0.05) is 0 Å². The highest BCUT2D eigenvalue weighted by Gasteiger charge is 2.30. The van der Waals surface area contributed by atoms with Crippen LogP contribution in [-0.2, 0) is 0 Å². The minimum Gasteiger partial charge on any atom is -0.465 e. The smallest absolute Gasteiger partial charge is 0.126 e. The molecule has 0 spiro atoms. The van der Waals surface area contributed by atoms with E-state index >= 15 is 0 Å². The van der Waals surface area contributed by atoms with E-state index in [1.165, 1.54) is 115 Å². The molecule has 3 aliphatic rings. The van der Waals surface area contributed by atoms with Crippen molar-refractivity contribution < 1.29 is 4.74 Å². The topological polar surface area (TPSA) is 9.23 Å². The Balaban J connectivity index is 1.14. The van der Waals surface area contributed by atoms with Gasteiger partial charge in [-0.3, -0.25) is 0 Å². The Morgan fingerprint density at radius 2 is 1.26 bits per heavy atom. The molecule has 190 valence electrons. The largest absolute Gasteiger partial charge is 0.465 e. The Labute approximate surface area is 211 Å². The molecular formula is C33H52O. The summed E-state index contributed by atoms with van der Waals surface area (Å²) in [4.78, 5) is 0. The summed E-state index contributed by atoms with van der Waals surface area (Å²) < 4.78 is 6.01. The van der Waals surface area contributed by atoms with Crippen molar-refractivity contribution in [2.75, 3.05) is 0 Å². The van der Waals surface area contributed by atoms with E-state index in [9.17, 15) is 0 Å². The Morgan fingerprint density at radius 1 is 0.676 bits per heavy atom. The lowest BCUT2D eigenvalue weighted by Crippen LogP contribution is -2.25. The van der Waals surface area contributed by atoms with Gasteiger partial charge in [0.2, 0.25) is 0 Å². The van der Waals surface area contributed by atoms with E-state index in [-0.39, 0.29) is 0 Å². The maximum absolute atomic E-state index is 6.01. The van der Waals surface area contributed by atoms with Crippen LogP contribution >= 0.6 is 0 Å². The average molecular weight is 465 g/mol. The van der Waals surface area contributed by atoms with Crippen LogP contribution in [-0.4, -0.2) is 0 Å². The van der Waals surface area contributed by atoms with E-state index in [4.69, 9.17) is 4.74 Å². The predicted octanol–water partition coefficient (Wildman–Crippen LogP) is 10.5. The van der Waals surface area contributed by atoms with Crippen LogP contribution in [0.3, 0.4) is 0 Å². The maximum Gasteiger partial charge on any atom is 0.126 e. The summed E-state index contributed by atoms with van der Waals surface area (Å²) in [7, 11) is 0. The second-order valence-electron chi connectivity index (χ2n) is 12.1. The fourth-order valence-electron chi connectivity index (χ4n) is 7.49. The average Bonchev–Trinajstić information content (AvgIpc) is 2.89. The third-order valence-electron chi connectivity index (χ3n) is 9.79. The molecule has 0 unspecified atom stereocenters. The van der Waals surface area contributed by atoms with Crippen LogP contribution in [0.2, 0.25) is 0 Å². The first-order valence-corrected chi connectivity index (χ1v) is 15.2. The van der Waals surface area contributed by atoms with Crippen molar-refractivity contribution in [2.45, 2.75) is 129 Å². The van der Waals surface area contributed by atoms with E-state index in [1.807, 2.05) is 6.26 Å². The summed E-state index contributed by atoms with van der Waals surface area (Å²) in [5.41, 5.74) is 1.52. The highest BCUT2D eigenvalue weighted by molar-refractivity contribution is 5.30. The van der Waals surface area contributed by atoms with Gasteiger partial charge in [-0.15, -0.1) is 0 Å². The second kappa shape index (κ2) is 13.7. The summed E-state index contributed by atoms with van der Waals surface area (Å²) in [6, 6.07) is 9.02. The number of hydrogen-bond donors (Lipinski definition) is 0. The van der Waals surface area contributed by atoms with Gasteiger partial charge in [0.1, 0.15) is 5.75 Å². The molecule has 34 heavy (non-hydrogen) atoms. The lowest BCUT2D eigenvalue weighted by molar-refractivity contribution is 0.152. The monoisotopic (exact) mass is 464 g/mol. The molecule has 3 aliphatic carbocycles. The van der Waals surface area contributed by atoms with Gasteiger partial charge in [-0.05, 0) is 123 Å². The summed E-state index contributed by atoms with van der Waals surface area (Å²) in [6.07, 6.45) is 28.6. The van der Waals surface area contributed by atoms with Crippen LogP contribution in [0.1, 0.15) is 134 Å². The molecule has 0 aromatic heterocycles. The van der Waals surface area contributed by atoms with Gasteiger partial charge in [-0.1, -0.05) is 70.9 Å². The molecule has 1 nitrogen and oxygen atoms in total. The van der Waals surface area contributed by atoms with E-state index in [0.717, 1.165) is 41.3 Å². The van der Waals surface area contributed by atoms with Gasteiger partial charge < -0.3 is 4.74 Å². The minimum absolute atomic E-state index is 0.717. The molecule has 0 atom stereocenters. The van der Waals surface area contributed by atoms with E-state index < -0.39 is 0 Å². The van der Waals surface area contributed by atoms with Crippen LogP contribution in [0.15, 0.2) is 36.6 Å². The van der Waals surface area contributed by atoms with Gasteiger partial charge in [0.25, 0.3) is 0 Å². The van der Waals surface area contributed by atoms with Crippen molar-refractivity contribution >= 4 is 0 Å². The molecule has 0 radical (unpaired) electrons. The zero-order valence-corrected chi connectivity index (χ0v) is 22.4. The van der Waals surface area contributed by atoms with Crippen molar-refractivity contribution in [3.63, 3.8) is 0 Å². The van der Waals surface area contributed by atoms with Gasteiger partial charge in [-0.2, -0.15) is 0 Å². The van der Waals surface area contributed by atoms with Gasteiger partial charge in [-0.25, -0.2) is 0 Å². The number of ether oxygens (including phenoxy) is 1. The number of allylic oxidation sites excluding steroid dienone is 1. The van der Waals surface area contributed by atoms with E-state index in [0.29, 0.717) is 0 Å². The van der Waals surface area contributed by atoms with Crippen molar-refractivity contribution in [1.82, 2.24) is 0 Å². The molecule has 1 aromatic carbocycles. The molecule has 0 heterocycles. The molecule has 0 N–H and O–H groups in total. The predicted molar refractivity (Wildman–Crippen MR) is 146 cm³/mol. The van der Waals surface area contributed by atoms with Gasteiger partial charge in [0.15, 0.2) is 0 Å². The van der Waals surface area contributed by atoms with Crippen LogP contribution in [0, 0.1) is 29.6 Å². The first-order chi connectivity index (χ1) is 16.7. The van der Waals surface area contributed by atoms with Crippen molar-refractivity contribution in [1.29, 1.82) is 0 Å². The summed E-state index contributed by atoms with van der Waals surface area (Å²) >= 11 is 0. The highest BCUT2D eigenvalue weighted by Crippen LogP contribution is 2.42. The lowest BCUT2D eigenvalue weighted by atomic mass is 9.69. The molecule has 0 bridgehead atoms. The SMILES string of the molecule is CCCCC1CCC(c2ccc(OC=CC3CCC(C4CCC(CCC)CC4)CC3)cc2)CC1. The second-order valence-corrected chi connectivity index (χ2v) is 12.1. The molecule has 0 amide bonds. The molecule has 0 aliphatic heterocycles. The molecule has 0 saturated heterocycles. The molecule has 1 heteroatoms. The Bertz CT molecular complexity index is 695. The molecule has 4 rings (SSSR count). The minimum atomic E-state index is 0.717. The first kappa shape index (κ1) is 25.8. The zero-order valence-electron chi connectivity index (χ0n) is 22.4. The summed E-state index contributed by atoms with van der Waals surface area (Å²) in [5.74, 6) is 6.53. The van der Waals surface area contributed by atoms with Crippen LogP contribution in [0.4, 0.5) is 0 Å². The molecular weight excluding hydrogens is 412 g/mol. The Hall–Kier alpha value is -1.24. The fraction of sp³-hybridized carbons (Fsp3) is 0.758. The maximum atomic E-state index is 6.01. The first-order valence-electron chi connectivity index (χ1n) is 15.2. The number of hydrogen-bond acceptors (Lipinski definition) is 1. The van der Waals surface area contributed by atoms with E-state index in [1.54, 1.807) is 0 Å². The molecule has 3 fully saturated rings. The fourth-order valence-corrected chi connectivity index (χ4v) is 7.49. The summed E-state index contributed by atoms with van der Waals surface area (Å²) in [5, 5.41) is 0. The zero-order chi connectivity index (χ0) is 23.6. The standard InChI is InChI=1S/C33H52O/c1-3-5-7-27-10-16-31(17-11-27)32-20-22-33(23-21-32)34-25-24-28-12-18-30(19-13-28)29-14-8-26(6-4-2)9-15-29/h20-31H,3-19H2,1-2H3. The Morgan fingerprint density at radius 3 is 1.88 bits per heavy atom. The number of unbranched alkanes of at least 4 members (excludes halogenated alkanes) is 1. The number of rotatable bonds is 10. The lowest BCUT2D eigenvalue weighted by Gasteiger charge is -2.37. The van der Waals surface area contributed by atoms with Gasteiger partial charge in [0.05, 0.1) is 6.26 Å². The summed E-state index contributed by atoms with van der Waals surface area (Å²) in [6.45, 7) is 4.66. The van der Waals surface area contributed by atoms with Gasteiger partial charge >= 0.3 is 0 Å². The molecule has 1 aromatic rings. The third-order valence-corrected chi connectivity index (χ3v) is 9.79. The highest BCUT2D eigenvalue weighted by atomic mass is 16.5. The van der Waals surface area contributed by atoms with Crippen LogP contribution < -0.4 is 4.74 Å². The quantitative estimate of drug-likeness (QED) is 0.313. The third kappa shape index (κ3) is 7.63. The van der Waals surface area contributed by atoms with Crippen LogP contribution in [0.5, 0.6) is 5.75 Å². The van der Waals surface area contributed by atoms with Crippen molar-refractivity contribution in [3.8, 4) is 5.75 Å². The van der Waals surface area contributed by atoms with Crippen LogP contribution in [0.25, 0.3) is 0 Å². The van der Waals surface area contributed by atoms with Crippen molar-refractivity contribution in [3.05, 3.63) is 42.2 Å². The molecule has 3 saturated carbocycles. The normalized spacial score (nSPS) is 32.6.